The molecule has 0 radical (unpaired) electrons. The van der Waals surface area contributed by atoms with Crippen molar-refractivity contribution >= 4 is 27.3 Å². The molecule has 1 aliphatic heterocycles. The van der Waals surface area contributed by atoms with Gasteiger partial charge in [-0.05, 0) is 61.1 Å². The SMILES string of the molecule is CCCS(=O)(=O)NCCNCCOc1ccc2c(c1)C(C1(c3ccc(Cl)cc3)CCC1)=NCC2. The highest BCUT2D eigenvalue weighted by Gasteiger charge is 2.45. The second-order valence-corrected chi connectivity index (χ2v) is 11.4. The van der Waals surface area contributed by atoms with Gasteiger partial charge in [0.05, 0.1) is 11.5 Å². The number of halogens is 1. The van der Waals surface area contributed by atoms with Gasteiger partial charge in [-0.1, -0.05) is 43.1 Å². The maximum Gasteiger partial charge on any atom is 0.211 e. The van der Waals surface area contributed by atoms with Crippen molar-refractivity contribution in [2.24, 2.45) is 4.99 Å². The van der Waals surface area contributed by atoms with Crippen molar-refractivity contribution in [3.05, 3.63) is 64.2 Å². The number of hydrogen-bond acceptors (Lipinski definition) is 5. The van der Waals surface area contributed by atoms with E-state index in [4.69, 9.17) is 21.3 Å². The average molecular weight is 504 g/mol. The summed E-state index contributed by atoms with van der Waals surface area (Å²) < 4.78 is 32.0. The van der Waals surface area contributed by atoms with E-state index in [1.54, 1.807) is 0 Å². The van der Waals surface area contributed by atoms with E-state index in [0.29, 0.717) is 32.7 Å². The quantitative estimate of drug-likeness (QED) is 0.427. The Kier molecular flexibility index (Phi) is 8.30. The predicted molar refractivity (Wildman–Crippen MR) is 139 cm³/mol. The number of benzene rings is 2. The summed E-state index contributed by atoms with van der Waals surface area (Å²) in [6.07, 6.45) is 4.97. The van der Waals surface area contributed by atoms with E-state index in [1.165, 1.54) is 28.8 Å². The van der Waals surface area contributed by atoms with E-state index in [-0.39, 0.29) is 11.2 Å². The van der Waals surface area contributed by atoms with Crippen molar-refractivity contribution < 1.29 is 13.2 Å². The average Bonchev–Trinajstić information content (AvgIpc) is 2.79. The molecule has 1 heterocycles. The minimum absolute atomic E-state index is 0.0367. The topological polar surface area (TPSA) is 79.8 Å². The van der Waals surface area contributed by atoms with Crippen LogP contribution in [0.1, 0.15) is 49.3 Å². The van der Waals surface area contributed by atoms with Gasteiger partial charge in [-0.25, -0.2) is 13.1 Å². The van der Waals surface area contributed by atoms with Gasteiger partial charge in [0.25, 0.3) is 0 Å². The molecule has 4 rings (SSSR count). The maximum atomic E-state index is 11.7. The van der Waals surface area contributed by atoms with Crippen LogP contribution in [0.15, 0.2) is 47.5 Å². The van der Waals surface area contributed by atoms with Crippen LogP contribution in [0.4, 0.5) is 0 Å². The zero-order chi connectivity index (χ0) is 24.0. The molecule has 2 aromatic carbocycles. The van der Waals surface area contributed by atoms with Gasteiger partial charge in [0, 0.05) is 42.2 Å². The highest BCUT2D eigenvalue weighted by atomic mass is 35.5. The molecule has 6 nitrogen and oxygen atoms in total. The van der Waals surface area contributed by atoms with E-state index in [2.05, 4.69) is 34.3 Å². The number of aliphatic imine (C=N–C) groups is 1. The fourth-order valence-electron chi connectivity index (χ4n) is 4.83. The fraction of sp³-hybridized carbons (Fsp3) is 0.500. The van der Waals surface area contributed by atoms with Crippen molar-refractivity contribution in [3.8, 4) is 5.75 Å². The number of sulfonamides is 1. The lowest BCUT2D eigenvalue weighted by Crippen LogP contribution is -2.44. The van der Waals surface area contributed by atoms with Gasteiger partial charge in [0.2, 0.25) is 10.0 Å². The van der Waals surface area contributed by atoms with Gasteiger partial charge in [-0.3, -0.25) is 4.99 Å². The number of hydrogen-bond donors (Lipinski definition) is 2. The Morgan fingerprint density at radius 1 is 1.09 bits per heavy atom. The summed E-state index contributed by atoms with van der Waals surface area (Å²) in [4.78, 5) is 5.03. The standard InChI is InChI=1S/C26H34ClN3O3S/c1-2-18-34(31,32)30-15-14-28-16-17-33-23-9-4-20-10-13-29-25(24(20)19-23)26(11-3-12-26)21-5-7-22(27)8-6-21/h4-9,19,28,30H,2-3,10-18H2,1H3. The van der Waals surface area contributed by atoms with Crippen molar-refractivity contribution in [3.63, 3.8) is 0 Å². The van der Waals surface area contributed by atoms with Crippen LogP contribution in [0, 0.1) is 0 Å². The maximum absolute atomic E-state index is 11.7. The van der Waals surface area contributed by atoms with Gasteiger partial charge in [-0.2, -0.15) is 0 Å². The van der Waals surface area contributed by atoms with E-state index < -0.39 is 10.0 Å². The summed E-state index contributed by atoms with van der Waals surface area (Å²) >= 11 is 6.15. The van der Waals surface area contributed by atoms with Crippen molar-refractivity contribution in [1.29, 1.82) is 0 Å². The van der Waals surface area contributed by atoms with Crippen LogP contribution in [0.25, 0.3) is 0 Å². The zero-order valence-corrected chi connectivity index (χ0v) is 21.4. The first-order valence-electron chi connectivity index (χ1n) is 12.2. The minimum Gasteiger partial charge on any atom is -0.492 e. The summed E-state index contributed by atoms with van der Waals surface area (Å²) in [5.74, 6) is 1.00. The fourth-order valence-corrected chi connectivity index (χ4v) is 6.05. The molecular weight excluding hydrogens is 470 g/mol. The first kappa shape index (κ1) is 25.2. The van der Waals surface area contributed by atoms with Gasteiger partial charge in [0.15, 0.2) is 0 Å². The molecule has 1 fully saturated rings. The summed E-state index contributed by atoms with van der Waals surface area (Å²) in [5, 5.41) is 3.98. The lowest BCUT2D eigenvalue weighted by Gasteiger charge is -2.45. The Hall–Kier alpha value is -1.93. The van der Waals surface area contributed by atoms with E-state index in [0.717, 1.165) is 36.6 Å². The second kappa shape index (κ2) is 11.2. The van der Waals surface area contributed by atoms with E-state index in [9.17, 15) is 8.42 Å². The van der Waals surface area contributed by atoms with Crippen molar-refractivity contribution in [1.82, 2.24) is 10.0 Å². The van der Waals surface area contributed by atoms with Gasteiger partial charge in [0.1, 0.15) is 12.4 Å². The number of ether oxygens (including phenoxy) is 1. The van der Waals surface area contributed by atoms with Crippen LogP contribution in [-0.4, -0.2) is 52.7 Å². The number of rotatable bonds is 12. The molecule has 2 aliphatic rings. The molecule has 184 valence electrons. The van der Waals surface area contributed by atoms with Crippen LogP contribution in [0.2, 0.25) is 5.02 Å². The lowest BCUT2D eigenvalue weighted by molar-refractivity contribution is 0.314. The van der Waals surface area contributed by atoms with Crippen molar-refractivity contribution in [2.75, 3.05) is 38.5 Å². The van der Waals surface area contributed by atoms with Crippen LogP contribution >= 0.6 is 11.6 Å². The number of nitrogens with one attached hydrogen (secondary N) is 2. The predicted octanol–water partition coefficient (Wildman–Crippen LogP) is 4.10. The third kappa shape index (κ3) is 5.82. The molecule has 0 atom stereocenters. The zero-order valence-electron chi connectivity index (χ0n) is 19.8. The molecule has 1 saturated carbocycles. The number of nitrogens with zero attached hydrogens (tertiary/aromatic N) is 1. The minimum atomic E-state index is -3.15. The van der Waals surface area contributed by atoms with E-state index >= 15 is 0 Å². The van der Waals surface area contributed by atoms with Crippen LogP contribution < -0.4 is 14.8 Å². The Balaban J connectivity index is 1.36. The molecule has 2 aromatic rings. The Bertz CT molecular complexity index is 1110. The monoisotopic (exact) mass is 503 g/mol. The molecule has 8 heteroatoms. The van der Waals surface area contributed by atoms with Gasteiger partial charge >= 0.3 is 0 Å². The van der Waals surface area contributed by atoms with E-state index in [1.807, 2.05) is 25.1 Å². The smallest absolute Gasteiger partial charge is 0.211 e. The van der Waals surface area contributed by atoms with Crippen LogP contribution in [-0.2, 0) is 21.9 Å². The molecule has 0 unspecified atom stereocenters. The molecule has 0 saturated heterocycles. The van der Waals surface area contributed by atoms with Gasteiger partial charge < -0.3 is 10.1 Å². The highest BCUT2D eigenvalue weighted by molar-refractivity contribution is 7.89. The third-order valence-electron chi connectivity index (χ3n) is 6.69. The summed E-state index contributed by atoms with van der Waals surface area (Å²) in [5.41, 5.74) is 4.97. The molecular formula is C26H34ClN3O3S. The normalized spacial score (nSPS) is 16.9. The highest BCUT2D eigenvalue weighted by Crippen LogP contribution is 2.48. The molecule has 1 aliphatic carbocycles. The lowest BCUT2D eigenvalue weighted by atomic mass is 9.59. The summed E-state index contributed by atoms with van der Waals surface area (Å²) in [6, 6.07) is 14.6. The molecule has 34 heavy (non-hydrogen) atoms. The Morgan fingerprint density at radius 3 is 2.59 bits per heavy atom. The summed E-state index contributed by atoms with van der Waals surface area (Å²) in [6.45, 7) is 4.78. The largest absolute Gasteiger partial charge is 0.492 e. The first-order chi connectivity index (χ1) is 16.4. The molecule has 0 amide bonds. The van der Waals surface area contributed by atoms with Crippen molar-refractivity contribution in [2.45, 2.75) is 44.4 Å². The van der Waals surface area contributed by atoms with Crippen LogP contribution in [0.3, 0.4) is 0 Å². The summed E-state index contributed by atoms with van der Waals surface area (Å²) in [7, 11) is -3.15. The molecule has 0 spiro atoms. The number of fused-ring (bicyclic) bond motifs is 1. The Morgan fingerprint density at radius 2 is 1.88 bits per heavy atom. The molecule has 0 aromatic heterocycles. The van der Waals surface area contributed by atoms with Gasteiger partial charge in [-0.15, -0.1) is 0 Å². The molecule has 2 N–H and O–H groups in total. The Labute approximate surface area is 208 Å². The first-order valence-corrected chi connectivity index (χ1v) is 14.2. The third-order valence-corrected chi connectivity index (χ3v) is 8.53. The molecule has 0 bridgehead atoms. The second-order valence-electron chi connectivity index (χ2n) is 9.05. The van der Waals surface area contributed by atoms with Crippen LogP contribution in [0.5, 0.6) is 5.75 Å².